The molecule has 0 aliphatic rings. The van der Waals surface area contributed by atoms with Crippen LogP contribution in [0.1, 0.15) is 52.9 Å². The van der Waals surface area contributed by atoms with Crippen molar-refractivity contribution in [2.75, 3.05) is 0 Å². The number of fused-ring (bicyclic) bond motifs is 1. The van der Waals surface area contributed by atoms with E-state index in [4.69, 9.17) is 4.74 Å². The Kier molecular flexibility index (Phi) is 4.35. The first-order valence-corrected chi connectivity index (χ1v) is 7.52. The number of aryl methyl sites for hydroxylation is 1. The highest BCUT2D eigenvalue weighted by Crippen LogP contribution is 2.24. The molecule has 0 bridgehead atoms. The number of hydrogen-bond donors (Lipinski definition) is 0. The van der Waals surface area contributed by atoms with Crippen molar-refractivity contribution in [3.05, 3.63) is 30.1 Å². The number of carbonyl (C=O) groups is 1. The Balaban J connectivity index is 2.43. The molecule has 1 unspecified atom stereocenters. The first kappa shape index (κ1) is 15.5. The van der Waals surface area contributed by atoms with Crippen molar-refractivity contribution < 1.29 is 9.53 Å². The van der Waals surface area contributed by atoms with Crippen LogP contribution in [0, 0.1) is 0 Å². The summed E-state index contributed by atoms with van der Waals surface area (Å²) < 4.78 is 7.52. The number of ether oxygens (including phenoxy) is 1. The number of imidazole rings is 1. The Labute approximate surface area is 126 Å². The predicted molar refractivity (Wildman–Crippen MR) is 84.3 cm³/mol. The Morgan fingerprint density at radius 1 is 1.33 bits per heavy atom. The molecule has 1 aromatic carbocycles. The monoisotopic (exact) mass is 288 g/mol. The fraction of sp³-hybridized carbons (Fsp3) is 0.529. The predicted octanol–water partition coefficient (Wildman–Crippen LogP) is 3.89. The molecule has 0 fully saturated rings. The summed E-state index contributed by atoms with van der Waals surface area (Å²) >= 11 is 0. The average Bonchev–Trinajstić information content (AvgIpc) is 2.74. The van der Waals surface area contributed by atoms with Crippen molar-refractivity contribution in [1.82, 2.24) is 9.55 Å². The van der Waals surface area contributed by atoms with Crippen LogP contribution < -0.4 is 0 Å². The van der Waals surface area contributed by atoms with E-state index in [9.17, 15) is 4.79 Å². The van der Waals surface area contributed by atoms with Crippen LogP contribution in [0.25, 0.3) is 11.0 Å². The summed E-state index contributed by atoms with van der Waals surface area (Å²) in [4.78, 5) is 17.0. The van der Waals surface area contributed by atoms with Crippen molar-refractivity contribution in [2.24, 2.45) is 0 Å². The molecule has 21 heavy (non-hydrogen) atoms. The third-order valence-corrected chi connectivity index (χ3v) is 3.28. The van der Waals surface area contributed by atoms with Gasteiger partial charge in [0.15, 0.2) is 0 Å². The van der Waals surface area contributed by atoms with Gasteiger partial charge in [0.25, 0.3) is 0 Å². The quantitative estimate of drug-likeness (QED) is 0.802. The molecule has 1 heterocycles. The Morgan fingerprint density at radius 2 is 2.00 bits per heavy atom. The number of carbonyl (C=O) groups excluding carboxylic acids is 1. The normalized spacial score (nSPS) is 13.4. The fourth-order valence-electron chi connectivity index (χ4n) is 2.42. The van der Waals surface area contributed by atoms with Gasteiger partial charge < -0.3 is 9.30 Å². The second-order valence-electron chi connectivity index (χ2n) is 6.35. The van der Waals surface area contributed by atoms with Crippen LogP contribution in [0.5, 0.6) is 0 Å². The zero-order valence-electron chi connectivity index (χ0n) is 13.5. The lowest BCUT2D eigenvalue weighted by atomic mass is 10.2. The minimum absolute atomic E-state index is 0.219. The molecule has 1 atom stereocenters. The SMILES string of the molecule is CCCc1nc2ccccc2n1C(C)C(=O)OC(C)(C)C. The van der Waals surface area contributed by atoms with Crippen LogP contribution in [0.4, 0.5) is 0 Å². The Hall–Kier alpha value is -1.84. The second kappa shape index (κ2) is 5.88. The first-order chi connectivity index (χ1) is 9.83. The molecule has 2 aromatic rings. The minimum Gasteiger partial charge on any atom is -0.458 e. The molecule has 2 rings (SSSR count). The molecule has 4 nitrogen and oxygen atoms in total. The zero-order valence-corrected chi connectivity index (χ0v) is 13.5. The van der Waals surface area contributed by atoms with Crippen LogP contribution in [0.3, 0.4) is 0 Å². The van der Waals surface area contributed by atoms with E-state index in [1.54, 1.807) is 0 Å². The summed E-state index contributed by atoms with van der Waals surface area (Å²) in [6, 6.07) is 7.54. The average molecular weight is 288 g/mol. The molecule has 1 aromatic heterocycles. The third kappa shape index (κ3) is 3.43. The molecule has 4 heteroatoms. The smallest absolute Gasteiger partial charge is 0.329 e. The van der Waals surface area contributed by atoms with Crippen molar-refractivity contribution in [2.45, 2.75) is 59.1 Å². The zero-order chi connectivity index (χ0) is 15.6. The second-order valence-corrected chi connectivity index (χ2v) is 6.35. The maximum absolute atomic E-state index is 12.4. The molecule has 0 amide bonds. The third-order valence-electron chi connectivity index (χ3n) is 3.28. The van der Waals surface area contributed by atoms with Crippen molar-refractivity contribution in [3.63, 3.8) is 0 Å². The lowest BCUT2D eigenvalue weighted by Crippen LogP contribution is -2.29. The maximum Gasteiger partial charge on any atom is 0.329 e. The lowest BCUT2D eigenvalue weighted by Gasteiger charge is -2.24. The van der Waals surface area contributed by atoms with Gasteiger partial charge in [0, 0.05) is 6.42 Å². The summed E-state index contributed by atoms with van der Waals surface area (Å²) in [5.41, 5.74) is 1.43. The van der Waals surface area contributed by atoms with Crippen LogP contribution in [-0.2, 0) is 16.0 Å². The van der Waals surface area contributed by atoms with E-state index in [1.165, 1.54) is 0 Å². The molecule has 0 aliphatic carbocycles. The van der Waals surface area contributed by atoms with E-state index >= 15 is 0 Å². The minimum atomic E-state index is -0.480. The largest absolute Gasteiger partial charge is 0.458 e. The molecule has 0 saturated heterocycles. The van der Waals surface area contributed by atoms with Gasteiger partial charge in [-0.15, -0.1) is 0 Å². The van der Waals surface area contributed by atoms with Crippen molar-refractivity contribution in [3.8, 4) is 0 Å². The summed E-state index contributed by atoms with van der Waals surface area (Å²) in [7, 11) is 0. The fourth-order valence-corrected chi connectivity index (χ4v) is 2.42. The number of aromatic nitrogens is 2. The highest BCUT2D eigenvalue weighted by Gasteiger charge is 2.26. The standard InChI is InChI=1S/C17H24N2O2/c1-6-9-15-18-13-10-7-8-11-14(13)19(15)12(2)16(20)21-17(3,4)5/h7-8,10-12H,6,9H2,1-5H3. The number of rotatable bonds is 4. The number of esters is 1. The maximum atomic E-state index is 12.4. The summed E-state index contributed by atoms with van der Waals surface area (Å²) in [6.07, 6.45) is 1.84. The lowest BCUT2D eigenvalue weighted by molar-refractivity contribution is -0.158. The molecule has 0 N–H and O–H groups in total. The van der Waals surface area contributed by atoms with E-state index in [-0.39, 0.29) is 12.0 Å². The number of para-hydroxylation sites is 2. The highest BCUT2D eigenvalue weighted by atomic mass is 16.6. The molecular weight excluding hydrogens is 264 g/mol. The van der Waals surface area contributed by atoms with Crippen molar-refractivity contribution in [1.29, 1.82) is 0 Å². The van der Waals surface area contributed by atoms with Crippen LogP contribution >= 0.6 is 0 Å². The molecule has 0 spiro atoms. The van der Waals surface area contributed by atoms with Gasteiger partial charge in [-0.25, -0.2) is 9.78 Å². The van der Waals surface area contributed by atoms with Crippen LogP contribution in [0.15, 0.2) is 24.3 Å². The number of benzene rings is 1. The van der Waals surface area contributed by atoms with E-state index < -0.39 is 5.60 Å². The van der Waals surface area contributed by atoms with Gasteiger partial charge in [-0.2, -0.15) is 0 Å². The van der Waals surface area contributed by atoms with Gasteiger partial charge in [-0.1, -0.05) is 19.1 Å². The van der Waals surface area contributed by atoms with Crippen molar-refractivity contribution >= 4 is 17.0 Å². The van der Waals surface area contributed by atoms with Crippen LogP contribution in [-0.4, -0.2) is 21.1 Å². The molecule has 114 valence electrons. The summed E-state index contributed by atoms with van der Waals surface area (Å²) in [6.45, 7) is 9.65. The van der Waals surface area contributed by atoms with E-state index in [0.717, 1.165) is 29.7 Å². The van der Waals surface area contributed by atoms with E-state index in [2.05, 4.69) is 11.9 Å². The topological polar surface area (TPSA) is 44.1 Å². The van der Waals surface area contributed by atoms with Crippen LogP contribution in [0.2, 0.25) is 0 Å². The van der Waals surface area contributed by atoms with Gasteiger partial charge >= 0.3 is 5.97 Å². The van der Waals surface area contributed by atoms with Gasteiger partial charge in [-0.3, -0.25) is 0 Å². The molecule has 0 radical (unpaired) electrons. The summed E-state index contributed by atoms with van der Waals surface area (Å²) in [5.74, 6) is 0.722. The van der Waals surface area contributed by atoms with Gasteiger partial charge in [0.1, 0.15) is 17.5 Å². The van der Waals surface area contributed by atoms with E-state index in [1.807, 2.05) is 56.5 Å². The van der Waals surface area contributed by atoms with Gasteiger partial charge in [0.05, 0.1) is 11.0 Å². The molecule has 0 aliphatic heterocycles. The molecular formula is C17H24N2O2. The highest BCUT2D eigenvalue weighted by molar-refractivity contribution is 5.81. The Morgan fingerprint density at radius 3 is 2.62 bits per heavy atom. The van der Waals surface area contributed by atoms with Gasteiger partial charge in [-0.05, 0) is 46.2 Å². The van der Waals surface area contributed by atoms with Gasteiger partial charge in [0.2, 0.25) is 0 Å². The Bertz CT molecular complexity index is 638. The first-order valence-electron chi connectivity index (χ1n) is 7.52. The summed E-state index contributed by atoms with van der Waals surface area (Å²) in [5, 5.41) is 0. The van der Waals surface area contributed by atoms with E-state index in [0.29, 0.717) is 0 Å². The number of hydrogen-bond acceptors (Lipinski definition) is 3. The molecule has 0 saturated carbocycles. The number of nitrogens with zero attached hydrogens (tertiary/aromatic N) is 2.